The fourth-order valence-corrected chi connectivity index (χ4v) is 2.53. The zero-order chi connectivity index (χ0) is 13.7. The average molecular weight is 265 g/mol. The quantitative estimate of drug-likeness (QED) is 0.784. The number of esters is 1. The maximum atomic E-state index is 13.7. The van der Waals surface area contributed by atoms with Crippen molar-refractivity contribution in [2.24, 2.45) is 0 Å². The van der Waals surface area contributed by atoms with Gasteiger partial charge in [0.15, 0.2) is 0 Å². The third-order valence-corrected chi connectivity index (χ3v) is 3.50. The standard InChI is InChI=1S/C15H20FNO2/c1-2-19-15(18)14-9-5-6-10-17(14)11-12-7-3-4-8-13(12)16/h3-4,7-8,14H,2,5-6,9-11H2,1H3/t14-/m1/s1. The highest BCUT2D eigenvalue weighted by Gasteiger charge is 2.30. The van der Waals surface area contributed by atoms with Crippen molar-refractivity contribution in [3.8, 4) is 0 Å². The van der Waals surface area contributed by atoms with E-state index in [9.17, 15) is 9.18 Å². The highest BCUT2D eigenvalue weighted by molar-refractivity contribution is 5.75. The summed E-state index contributed by atoms with van der Waals surface area (Å²) >= 11 is 0. The number of benzene rings is 1. The highest BCUT2D eigenvalue weighted by atomic mass is 19.1. The van der Waals surface area contributed by atoms with Gasteiger partial charge < -0.3 is 4.74 Å². The monoisotopic (exact) mass is 265 g/mol. The third-order valence-electron chi connectivity index (χ3n) is 3.50. The second-order valence-corrected chi connectivity index (χ2v) is 4.83. The molecule has 0 unspecified atom stereocenters. The van der Waals surface area contributed by atoms with Crippen LogP contribution in [-0.2, 0) is 16.1 Å². The molecule has 0 radical (unpaired) electrons. The van der Waals surface area contributed by atoms with Gasteiger partial charge in [0, 0.05) is 12.1 Å². The minimum absolute atomic E-state index is 0.182. The van der Waals surface area contributed by atoms with Gasteiger partial charge in [-0.2, -0.15) is 0 Å². The summed E-state index contributed by atoms with van der Waals surface area (Å²) in [6, 6.07) is 6.50. The van der Waals surface area contributed by atoms with Crippen LogP contribution in [0.2, 0.25) is 0 Å². The third kappa shape index (κ3) is 3.53. The number of hydrogen-bond donors (Lipinski definition) is 0. The van der Waals surface area contributed by atoms with Crippen LogP contribution < -0.4 is 0 Å². The van der Waals surface area contributed by atoms with Crippen molar-refractivity contribution in [1.82, 2.24) is 4.90 Å². The predicted octanol–water partition coefficient (Wildman–Crippen LogP) is 2.74. The Labute approximate surface area is 113 Å². The Hall–Kier alpha value is -1.42. The van der Waals surface area contributed by atoms with Crippen LogP contribution in [0.1, 0.15) is 31.7 Å². The molecule has 4 heteroatoms. The number of likely N-dealkylation sites (tertiary alicyclic amines) is 1. The lowest BCUT2D eigenvalue weighted by Crippen LogP contribution is -2.45. The Kier molecular flexibility index (Phi) is 4.91. The second kappa shape index (κ2) is 6.66. The highest BCUT2D eigenvalue weighted by Crippen LogP contribution is 2.21. The lowest BCUT2D eigenvalue weighted by molar-refractivity contribution is -0.151. The van der Waals surface area contributed by atoms with E-state index in [-0.39, 0.29) is 17.8 Å². The molecule has 1 atom stereocenters. The minimum Gasteiger partial charge on any atom is -0.465 e. The molecule has 0 bridgehead atoms. The van der Waals surface area contributed by atoms with Gasteiger partial charge in [-0.1, -0.05) is 24.6 Å². The Balaban J connectivity index is 2.07. The first kappa shape index (κ1) is 14.0. The van der Waals surface area contributed by atoms with Crippen LogP contribution in [0.3, 0.4) is 0 Å². The van der Waals surface area contributed by atoms with Crippen molar-refractivity contribution in [3.05, 3.63) is 35.6 Å². The van der Waals surface area contributed by atoms with E-state index >= 15 is 0 Å². The molecule has 0 aromatic heterocycles. The van der Waals surface area contributed by atoms with Crippen molar-refractivity contribution in [2.75, 3.05) is 13.2 Å². The summed E-state index contributed by atoms with van der Waals surface area (Å²) in [6.07, 6.45) is 2.87. The van der Waals surface area contributed by atoms with Gasteiger partial charge in [-0.05, 0) is 32.4 Å². The molecule has 0 saturated carbocycles. The van der Waals surface area contributed by atoms with Crippen molar-refractivity contribution < 1.29 is 13.9 Å². The number of rotatable bonds is 4. The van der Waals surface area contributed by atoms with Gasteiger partial charge in [-0.3, -0.25) is 9.69 Å². The first-order valence-electron chi connectivity index (χ1n) is 6.86. The molecule has 0 aliphatic carbocycles. The molecule has 1 aromatic rings. The van der Waals surface area contributed by atoms with Crippen LogP contribution in [0, 0.1) is 5.82 Å². The molecule has 2 rings (SSSR count). The Morgan fingerprint density at radius 3 is 2.95 bits per heavy atom. The summed E-state index contributed by atoms with van der Waals surface area (Å²) in [6.45, 7) is 3.48. The smallest absolute Gasteiger partial charge is 0.323 e. The number of nitrogens with zero attached hydrogens (tertiary/aromatic N) is 1. The summed E-state index contributed by atoms with van der Waals surface area (Å²) in [4.78, 5) is 14.0. The summed E-state index contributed by atoms with van der Waals surface area (Å²) < 4.78 is 18.8. The number of piperidine rings is 1. The van der Waals surface area contributed by atoms with Gasteiger partial charge in [0.2, 0.25) is 0 Å². The lowest BCUT2D eigenvalue weighted by Gasteiger charge is -2.34. The largest absolute Gasteiger partial charge is 0.465 e. The molecule has 1 fully saturated rings. The minimum atomic E-state index is -0.228. The van der Waals surface area contributed by atoms with Gasteiger partial charge in [-0.15, -0.1) is 0 Å². The zero-order valence-corrected chi connectivity index (χ0v) is 11.3. The number of hydrogen-bond acceptors (Lipinski definition) is 3. The molecule has 104 valence electrons. The maximum Gasteiger partial charge on any atom is 0.323 e. The molecular weight excluding hydrogens is 245 g/mol. The topological polar surface area (TPSA) is 29.5 Å². The molecule has 1 heterocycles. The summed E-state index contributed by atoms with van der Waals surface area (Å²) in [5, 5.41) is 0. The fourth-order valence-electron chi connectivity index (χ4n) is 2.53. The van der Waals surface area contributed by atoms with Crippen molar-refractivity contribution in [3.63, 3.8) is 0 Å². The molecule has 1 aliphatic heterocycles. The normalized spacial score (nSPS) is 20.2. The summed E-state index contributed by atoms with van der Waals surface area (Å²) in [7, 11) is 0. The Bertz CT molecular complexity index is 436. The van der Waals surface area contributed by atoms with Crippen LogP contribution in [-0.4, -0.2) is 30.1 Å². The number of carbonyl (C=O) groups is 1. The van der Waals surface area contributed by atoms with Crippen molar-refractivity contribution in [1.29, 1.82) is 0 Å². The fraction of sp³-hybridized carbons (Fsp3) is 0.533. The molecule has 19 heavy (non-hydrogen) atoms. The van der Waals surface area contributed by atoms with E-state index in [1.807, 2.05) is 17.9 Å². The van der Waals surface area contributed by atoms with Crippen LogP contribution in [0.25, 0.3) is 0 Å². The van der Waals surface area contributed by atoms with E-state index in [0.29, 0.717) is 18.7 Å². The summed E-state index contributed by atoms with van der Waals surface area (Å²) in [5.41, 5.74) is 0.638. The first-order chi connectivity index (χ1) is 9.22. The number of halogens is 1. The molecule has 0 N–H and O–H groups in total. The molecule has 0 amide bonds. The van der Waals surface area contributed by atoms with E-state index in [1.54, 1.807) is 12.1 Å². The molecule has 1 saturated heterocycles. The first-order valence-corrected chi connectivity index (χ1v) is 6.86. The van der Waals surface area contributed by atoms with Gasteiger partial charge in [0.05, 0.1) is 6.61 Å². The number of carbonyl (C=O) groups excluding carboxylic acids is 1. The molecular formula is C15H20FNO2. The van der Waals surface area contributed by atoms with Crippen molar-refractivity contribution in [2.45, 2.75) is 38.8 Å². The van der Waals surface area contributed by atoms with Crippen LogP contribution >= 0.6 is 0 Å². The van der Waals surface area contributed by atoms with Gasteiger partial charge in [-0.25, -0.2) is 4.39 Å². The zero-order valence-electron chi connectivity index (χ0n) is 11.3. The van der Waals surface area contributed by atoms with Crippen LogP contribution in [0.4, 0.5) is 4.39 Å². The maximum absolute atomic E-state index is 13.7. The van der Waals surface area contributed by atoms with E-state index in [2.05, 4.69) is 0 Å². The second-order valence-electron chi connectivity index (χ2n) is 4.83. The Morgan fingerprint density at radius 2 is 2.21 bits per heavy atom. The van der Waals surface area contributed by atoms with Gasteiger partial charge in [0.25, 0.3) is 0 Å². The van der Waals surface area contributed by atoms with Gasteiger partial charge >= 0.3 is 5.97 Å². The predicted molar refractivity (Wildman–Crippen MR) is 71.1 cm³/mol. The SMILES string of the molecule is CCOC(=O)[C@H]1CCCCN1Cc1ccccc1F. The van der Waals surface area contributed by atoms with E-state index in [4.69, 9.17) is 4.74 Å². The summed E-state index contributed by atoms with van der Waals surface area (Å²) in [5.74, 6) is -0.394. The van der Waals surface area contributed by atoms with Gasteiger partial charge in [0.1, 0.15) is 11.9 Å². The Morgan fingerprint density at radius 1 is 1.42 bits per heavy atom. The average Bonchev–Trinajstić information content (AvgIpc) is 2.42. The molecule has 1 aliphatic rings. The van der Waals surface area contributed by atoms with Crippen LogP contribution in [0.5, 0.6) is 0 Å². The van der Waals surface area contributed by atoms with E-state index in [0.717, 1.165) is 25.8 Å². The van der Waals surface area contributed by atoms with Crippen LogP contribution in [0.15, 0.2) is 24.3 Å². The van der Waals surface area contributed by atoms with E-state index < -0.39 is 0 Å². The van der Waals surface area contributed by atoms with E-state index in [1.165, 1.54) is 6.07 Å². The lowest BCUT2D eigenvalue weighted by atomic mass is 10.0. The van der Waals surface area contributed by atoms with Crippen molar-refractivity contribution >= 4 is 5.97 Å². The molecule has 0 spiro atoms. The molecule has 3 nitrogen and oxygen atoms in total. The molecule has 1 aromatic carbocycles. The number of ether oxygens (including phenoxy) is 1.